The molecule has 0 bridgehead atoms. The van der Waals surface area contributed by atoms with Crippen molar-refractivity contribution in [2.24, 2.45) is 7.05 Å². The summed E-state index contributed by atoms with van der Waals surface area (Å²) in [5.41, 5.74) is 0.0511. The first-order valence-corrected chi connectivity index (χ1v) is 7.16. The molecule has 9 heteroatoms. The number of halogens is 2. The van der Waals surface area contributed by atoms with Crippen LogP contribution >= 0.6 is 11.6 Å². The van der Waals surface area contributed by atoms with E-state index in [0.29, 0.717) is 17.2 Å². The molecule has 0 spiro atoms. The average Bonchev–Trinajstić information content (AvgIpc) is 2.74. The fourth-order valence-electron chi connectivity index (χ4n) is 2.73. The van der Waals surface area contributed by atoms with Crippen LogP contribution in [-0.4, -0.2) is 38.9 Å². The molecule has 2 aromatic rings. The summed E-state index contributed by atoms with van der Waals surface area (Å²) in [4.78, 5) is 19.2. The number of imidazole rings is 1. The Balaban J connectivity index is 2.22. The van der Waals surface area contributed by atoms with Gasteiger partial charge in [0.15, 0.2) is 11.0 Å². The maximum absolute atomic E-state index is 14.4. The molecule has 1 fully saturated rings. The second-order valence-electron chi connectivity index (χ2n) is 5.38. The third kappa shape index (κ3) is 2.43. The van der Waals surface area contributed by atoms with Gasteiger partial charge in [0.1, 0.15) is 11.4 Å². The van der Waals surface area contributed by atoms with E-state index in [1.165, 1.54) is 12.3 Å². The van der Waals surface area contributed by atoms with Crippen LogP contribution in [0.4, 0.5) is 9.18 Å². The predicted molar refractivity (Wildman–Crippen MR) is 79.8 cm³/mol. The number of aromatic nitrogens is 3. The van der Waals surface area contributed by atoms with E-state index < -0.39 is 17.4 Å². The molecule has 3 rings (SSSR count). The van der Waals surface area contributed by atoms with E-state index in [-0.39, 0.29) is 23.9 Å². The summed E-state index contributed by atoms with van der Waals surface area (Å²) in [6, 6.07) is 1.46. The van der Waals surface area contributed by atoms with Crippen LogP contribution in [0.3, 0.4) is 0 Å². The number of nitrogens with one attached hydrogen (secondary N) is 1. The maximum Gasteiger partial charge on any atom is 0.405 e. The Morgan fingerprint density at radius 1 is 1.57 bits per heavy atom. The van der Waals surface area contributed by atoms with Crippen LogP contribution in [0.2, 0.25) is 5.15 Å². The average molecular weight is 341 g/mol. The largest absolute Gasteiger partial charge is 0.465 e. The maximum atomic E-state index is 14.4. The van der Waals surface area contributed by atoms with Gasteiger partial charge in [-0.15, -0.1) is 0 Å². The molecule has 0 atom stereocenters. The molecule has 0 aliphatic carbocycles. The van der Waals surface area contributed by atoms with Gasteiger partial charge >= 0.3 is 6.09 Å². The van der Waals surface area contributed by atoms with Gasteiger partial charge in [0, 0.05) is 18.8 Å². The van der Waals surface area contributed by atoms with Crippen molar-refractivity contribution in [3.05, 3.63) is 34.8 Å². The fraction of sp³-hybridized carbons (Fsp3) is 0.357. The highest BCUT2D eigenvalue weighted by molar-refractivity contribution is 6.29. The van der Waals surface area contributed by atoms with Crippen molar-refractivity contribution in [2.75, 3.05) is 13.2 Å². The Labute approximate surface area is 136 Å². The highest BCUT2D eigenvalue weighted by Crippen LogP contribution is 2.38. The minimum Gasteiger partial charge on any atom is -0.465 e. The molecular weight excluding hydrogens is 327 g/mol. The SMILES string of the molecule is Cc1nc(-c2ccnc(Cl)c2F)c(C2(NC(=O)O)COC2)n1C. The van der Waals surface area contributed by atoms with Crippen molar-refractivity contribution in [1.29, 1.82) is 0 Å². The number of pyridine rings is 1. The lowest BCUT2D eigenvalue weighted by molar-refractivity contribution is -0.0775. The number of hydrogen-bond donors (Lipinski definition) is 2. The summed E-state index contributed by atoms with van der Waals surface area (Å²) in [5.74, 6) is -0.0833. The van der Waals surface area contributed by atoms with Crippen molar-refractivity contribution in [1.82, 2.24) is 19.9 Å². The molecule has 0 aromatic carbocycles. The Morgan fingerprint density at radius 3 is 2.83 bits per heavy atom. The number of amides is 1. The molecule has 0 radical (unpaired) electrons. The third-order valence-corrected chi connectivity index (χ3v) is 4.18. The molecule has 2 N–H and O–H groups in total. The number of aryl methyl sites for hydroxylation is 1. The molecule has 122 valence electrons. The van der Waals surface area contributed by atoms with Gasteiger partial charge in [0.05, 0.1) is 24.6 Å². The van der Waals surface area contributed by atoms with Crippen LogP contribution in [0.25, 0.3) is 11.3 Å². The summed E-state index contributed by atoms with van der Waals surface area (Å²) < 4.78 is 21.3. The normalized spacial score (nSPS) is 16.0. The van der Waals surface area contributed by atoms with E-state index in [1.54, 1.807) is 18.5 Å². The molecule has 1 aliphatic rings. The molecule has 2 aromatic heterocycles. The summed E-state index contributed by atoms with van der Waals surface area (Å²) in [7, 11) is 1.74. The van der Waals surface area contributed by atoms with E-state index in [2.05, 4.69) is 15.3 Å². The van der Waals surface area contributed by atoms with Crippen molar-refractivity contribution < 1.29 is 19.0 Å². The Bertz CT molecular complexity index is 789. The van der Waals surface area contributed by atoms with Gasteiger partial charge in [-0.25, -0.2) is 19.2 Å². The number of carboxylic acid groups (broad SMARTS) is 1. The van der Waals surface area contributed by atoms with E-state index in [0.717, 1.165) is 0 Å². The van der Waals surface area contributed by atoms with Gasteiger partial charge in [0.25, 0.3) is 0 Å². The minimum atomic E-state index is -1.19. The number of nitrogens with zero attached hydrogens (tertiary/aromatic N) is 3. The Kier molecular flexibility index (Phi) is 3.73. The molecule has 3 heterocycles. The van der Waals surface area contributed by atoms with Gasteiger partial charge in [-0.1, -0.05) is 11.6 Å². The van der Waals surface area contributed by atoms with Crippen LogP contribution in [0.5, 0.6) is 0 Å². The van der Waals surface area contributed by atoms with Gasteiger partial charge in [-0.3, -0.25) is 0 Å². The van der Waals surface area contributed by atoms with Crippen molar-refractivity contribution >= 4 is 17.7 Å². The van der Waals surface area contributed by atoms with Crippen LogP contribution in [0.15, 0.2) is 12.3 Å². The van der Waals surface area contributed by atoms with Crippen molar-refractivity contribution in [3.8, 4) is 11.3 Å². The molecule has 7 nitrogen and oxygen atoms in total. The first-order chi connectivity index (χ1) is 10.9. The van der Waals surface area contributed by atoms with Crippen LogP contribution in [-0.2, 0) is 17.3 Å². The highest BCUT2D eigenvalue weighted by Gasteiger charge is 2.47. The van der Waals surface area contributed by atoms with E-state index in [9.17, 15) is 9.18 Å². The van der Waals surface area contributed by atoms with Gasteiger partial charge in [-0.05, 0) is 13.0 Å². The number of carbonyl (C=O) groups is 1. The Morgan fingerprint density at radius 2 is 2.26 bits per heavy atom. The van der Waals surface area contributed by atoms with Crippen LogP contribution < -0.4 is 5.32 Å². The predicted octanol–water partition coefficient (Wildman–Crippen LogP) is 2.08. The zero-order chi connectivity index (χ0) is 16.8. The van der Waals surface area contributed by atoms with Crippen molar-refractivity contribution in [3.63, 3.8) is 0 Å². The lowest BCUT2D eigenvalue weighted by atomic mass is 9.89. The van der Waals surface area contributed by atoms with E-state index in [4.69, 9.17) is 21.4 Å². The first-order valence-electron chi connectivity index (χ1n) is 6.79. The lowest BCUT2D eigenvalue weighted by Gasteiger charge is -2.41. The number of hydrogen-bond acceptors (Lipinski definition) is 4. The first kappa shape index (κ1) is 15.7. The third-order valence-electron chi connectivity index (χ3n) is 3.92. The minimum absolute atomic E-state index is 0.145. The molecule has 23 heavy (non-hydrogen) atoms. The number of rotatable bonds is 3. The van der Waals surface area contributed by atoms with E-state index >= 15 is 0 Å². The summed E-state index contributed by atoms with van der Waals surface area (Å²) in [6.07, 6.45) is 0.190. The lowest BCUT2D eigenvalue weighted by Crippen LogP contribution is -2.60. The quantitative estimate of drug-likeness (QED) is 0.835. The van der Waals surface area contributed by atoms with Gasteiger partial charge in [-0.2, -0.15) is 0 Å². The van der Waals surface area contributed by atoms with Crippen LogP contribution in [0.1, 0.15) is 11.5 Å². The Hall–Kier alpha value is -2.19. The van der Waals surface area contributed by atoms with Crippen molar-refractivity contribution in [2.45, 2.75) is 12.5 Å². The number of ether oxygens (including phenoxy) is 1. The van der Waals surface area contributed by atoms with Gasteiger partial charge in [0.2, 0.25) is 0 Å². The molecule has 1 amide bonds. The fourth-order valence-corrected chi connectivity index (χ4v) is 2.88. The molecule has 0 unspecified atom stereocenters. The van der Waals surface area contributed by atoms with E-state index in [1.807, 2.05) is 0 Å². The zero-order valence-corrected chi connectivity index (χ0v) is 13.2. The van der Waals surface area contributed by atoms with Gasteiger partial charge < -0.3 is 19.7 Å². The summed E-state index contributed by atoms with van der Waals surface area (Å²) in [6.45, 7) is 2.04. The standard InChI is InChI=1S/C14H14ClFN4O3/c1-7-18-10(8-3-4-17-12(15)9(8)16)11(20(7)2)14(5-23-6-14)19-13(21)22/h3-4,19H,5-6H2,1-2H3,(H,21,22). The molecule has 1 aliphatic heterocycles. The second-order valence-corrected chi connectivity index (χ2v) is 5.74. The topological polar surface area (TPSA) is 89.3 Å². The molecule has 1 saturated heterocycles. The monoisotopic (exact) mass is 340 g/mol. The second kappa shape index (κ2) is 5.47. The smallest absolute Gasteiger partial charge is 0.405 e. The zero-order valence-electron chi connectivity index (χ0n) is 12.4. The molecule has 0 saturated carbocycles. The summed E-state index contributed by atoms with van der Waals surface area (Å²) in [5, 5.41) is 11.3. The molecular formula is C14H14ClFN4O3. The van der Waals surface area contributed by atoms with Crippen LogP contribution in [0, 0.1) is 12.7 Å². The highest BCUT2D eigenvalue weighted by atomic mass is 35.5. The summed E-state index contributed by atoms with van der Waals surface area (Å²) >= 11 is 5.75.